The molecule has 4 nitrogen and oxygen atoms in total. The predicted molar refractivity (Wildman–Crippen MR) is 126 cm³/mol. The van der Waals surface area contributed by atoms with Crippen LogP contribution in [-0.4, -0.2) is 35.9 Å². The number of hydrogen-bond donors (Lipinski definition) is 1. The van der Waals surface area contributed by atoms with Gasteiger partial charge in [0.15, 0.2) is 6.04 Å². The molecule has 1 aliphatic rings. The number of aliphatic hydroxyl groups excluding tert-OH is 1. The quantitative estimate of drug-likeness (QED) is 0.631. The molecule has 31 heavy (non-hydrogen) atoms. The molecule has 5 heteroatoms. The summed E-state index contributed by atoms with van der Waals surface area (Å²) in [5, 5.41) is 11.8. The molecule has 0 radical (unpaired) electrons. The Morgan fingerprint density at radius 2 is 1.68 bits per heavy atom. The van der Waals surface area contributed by atoms with Gasteiger partial charge in [0, 0.05) is 23.2 Å². The number of aliphatic imine (C=N–C) groups is 1. The summed E-state index contributed by atoms with van der Waals surface area (Å²) >= 11 is 6.30. The summed E-state index contributed by atoms with van der Waals surface area (Å²) in [7, 11) is 1.72. The molecule has 3 aromatic rings. The van der Waals surface area contributed by atoms with E-state index in [4.69, 9.17) is 16.6 Å². The van der Waals surface area contributed by atoms with Crippen molar-refractivity contribution in [1.82, 2.24) is 0 Å². The van der Waals surface area contributed by atoms with Gasteiger partial charge in [0.05, 0.1) is 17.5 Å². The third-order valence-electron chi connectivity index (χ3n) is 5.78. The maximum Gasteiger partial charge on any atom is 0.254 e. The van der Waals surface area contributed by atoms with Crippen LogP contribution in [0.1, 0.15) is 23.6 Å². The van der Waals surface area contributed by atoms with Crippen molar-refractivity contribution < 1.29 is 9.90 Å². The van der Waals surface area contributed by atoms with E-state index in [-0.39, 0.29) is 11.8 Å². The summed E-state index contributed by atoms with van der Waals surface area (Å²) in [6.07, 6.45) is -0.275. The van der Waals surface area contributed by atoms with Crippen LogP contribution in [0.15, 0.2) is 83.9 Å². The second-order valence-electron chi connectivity index (χ2n) is 8.00. The molecule has 1 amide bonds. The van der Waals surface area contributed by atoms with E-state index in [0.29, 0.717) is 17.2 Å². The number of aliphatic hydroxyl groups is 1. The largest absolute Gasteiger partial charge is 0.390 e. The summed E-state index contributed by atoms with van der Waals surface area (Å²) in [6.45, 7) is 1.96. The zero-order chi connectivity index (χ0) is 22.0. The Hall–Kier alpha value is -2.95. The van der Waals surface area contributed by atoms with Gasteiger partial charge in [-0.05, 0) is 36.1 Å². The number of amides is 1. The highest BCUT2D eigenvalue weighted by molar-refractivity contribution is 6.32. The number of rotatable bonds is 5. The van der Waals surface area contributed by atoms with Crippen molar-refractivity contribution in [2.24, 2.45) is 10.9 Å². The van der Waals surface area contributed by atoms with Crippen molar-refractivity contribution in [1.29, 1.82) is 0 Å². The Bertz CT molecular complexity index is 1100. The predicted octanol–water partition coefficient (Wildman–Crippen LogP) is 4.76. The molecule has 1 N–H and O–H groups in total. The highest BCUT2D eigenvalue weighted by Crippen LogP contribution is 2.32. The highest BCUT2D eigenvalue weighted by Gasteiger charge is 2.37. The van der Waals surface area contributed by atoms with Crippen molar-refractivity contribution in [2.45, 2.75) is 25.5 Å². The Balaban J connectivity index is 1.77. The molecule has 0 unspecified atom stereocenters. The number of carbonyl (C=O) groups is 1. The lowest BCUT2D eigenvalue weighted by Gasteiger charge is -2.27. The molecule has 1 heterocycles. The first-order chi connectivity index (χ1) is 15.0. The van der Waals surface area contributed by atoms with E-state index in [1.807, 2.05) is 79.7 Å². The second kappa shape index (κ2) is 9.04. The average Bonchev–Trinajstić information content (AvgIpc) is 2.89. The third kappa shape index (κ3) is 4.41. The number of fused-ring (bicyclic) bond motifs is 1. The van der Waals surface area contributed by atoms with Gasteiger partial charge < -0.3 is 10.0 Å². The summed E-state index contributed by atoms with van der Waals surface area (Å²) in [5.74, 6) is -0.391. The molecule has 0 fully saturated rings. The van der Waals surface area contributed by atoms with E-state index in [0.717, 1.165) is 22.4 Å². The molecule has 158 valence electrons. The minimum absolute atomic E-state index is 0.157. The van der Waals surface area contributed by atoms with Crippen molar-refractivity contribution >= 4 is 28.9 Å². The van der Waals surface area contributed by atoms with E-state index in [1.54, 1.807) is 18.0 Å². The van der Waals surface area contributed by atoms with Crippen LogP contribution in [0, 0.1) is 5.92 Å². The van der Waals surface area contributed by atoms with Crippen molar-refractivity contribution in [3.63, 3.8) is 0 Å². The SMILES string of the molecule is C[C@@H](Cc1ccccc1)[C@H](O)[C@H]1N=C(c2ccccc2)c2cc(Cl)ccc2N(C)C1=O. The zero-order valence-corrected chi connectivity index (χ0v) is 18.3. The number of benzene rings is 3. The van der Waals surface area contributed by atoms with Crippen LogP contribution < -0.4 is 4.90 Å². The van der Waals surface area contributed by atoms with E-state index < -0.39 is 12.1 Å². The molecule has 3 atom stereocenters. The Morgan fingerprint density at radius 1 is 1.03 bits per heavy atom. The van der Waals surface area contributed by atoms with Gasteiger partial charge >= 0.3 is 0 Å². The molecular formula is C26H25ClN2O2. The Labute approximate surface area is 187 Å². The lowest BCUT2D eigenvalue weighted by molar-refractivity contribution is -0.122. The summed E-state index contributed by atoms with van der Waals surface area (Å²) < 4.78 is 0. The maximum absolute atomic E-state index is 13.4. The lowest BCUT2D eigenvalue weighted by atomic mass is 9.91. The van der Waals surface area contributed by atoms with Gasteiger partial charge in [0.25, 0.3) is 5.91 Å². The number of halogens is 1. The standard InChI is InChI=1S/C26H25ClN2O2/c1-17(15-18-9-5-3-6-10-18)25(30)24-26(31)29(2)22-14-13-20(27)16-21(22)23(28-24)19-11-7-4-8-12-19/h3-14,16-17,24-25,30H,15H2,1-2H3/t17-,24+,25-/m0/s1. The highest BCUT2D eigenvalue weighted by atomic mass is 35.5. The summed E-state index contributed by atoms with van der Waals surface area (Å²) in [6, 6.07) is 24.2. The van der Waals surface area contributed by atoms with Gasteiger partial charge in [-0.2, -0.15) is 0 Å². The molecule has 3 aromatic carbocycles. The number of carbonyl (C=O) groups excluding carboxylic acids is 1. The van der Waals surface area contributed by atoms with Crippen LogP contribution in [0.3, 0.4) is 0 Å². The van der Waals surface area contributed by atoms with Crippen LogP contribution in [0.2, 0.25) is 5.02 Å². The van der Waals surface area contributed by atoms with Gasteiger partial charge in [0.2, 0.25) is 0 Å². The Kier molecular flexibility index (Phi) is 6.21. The normalized spacial score (nSPS) is 18.1. The molecule has 0 aromatic heterocycles. The first-order valence-electron chi connectivity index (χ1n) is 10.4. The molecule has 0 bridgehead atoms. The number of benzodiazepines with no additional fused rings is 1. The van der Waals surface area contributed by atoms with E-state index >= 15 is 0 Å². The van der Waals surface area contributed by atoms with Crippen LogP contribution in [0.25, 0.3) is 0 Å². The van der Waals surface area contributed by atoms with Gasteiger partial charge in [-0.25, -0.2) is 0 Å². The van der Waals surface area contributed by atoms with Crippen LogP contribution in [-0.2, 0) is 11.2 Å². The molecule has 0 aliphatic carbocycles. The number of likely N-dealkylation sites (N-methyl/N-ethyl adjacent to an activating group) is 1. The van der Waals surface area contributed by atoms with Gasteiger partial charge in [0.1, 0.15) is 0 Å². The molecule has 0 saturated carbocycles. The fourth-order valence-corrected chi connectivity index (χ4v) is 4.21. The maximum atomic E-state index is 13.4. The minimum Gasteiger partial charge on any atom is -0.390 e. The number of nitrogens with zero attached hydrogens (tertiary/aromatic N) is 2. The van der Waals surface area contributed by atoms with Crippen molar-refractivity contribution in [2.75, 3.05) is 11.9 Å². The summed E-state index contributed by atoms with van der Waals surface area (Å²) in [4.78, 5) is 19.8. The van der Waals surface area contributed by atoms with E-state index in [9.17, 15) is 9.90 Å². The van der Waals surface area contributed by atoms with E-state index in [1.165, 1.54) is 0 Å². The molecule has 4 rings (SSSR count). The Morgan fingerprint density at radius 3 is 2.35 bits per heavy atom. The van der Waals surface area contributed by atoms with E-state index in [2.05, 4.69) is 0 Å². The lowest BCUT2D eigenvalue weighted by Crippen LogP contribution is -2.44. The first-order valence-corrected chi connectivity index (χ1v) is 10.8. The first kappa shape index (κ1) is 21.3. The van der Waals surface area contributed by atoms with Crippen LogP contribution in [0.5, 0.6) is 0 Å². The molecule has 1 aliphatic heterocycles. The van der Waals surface area contributed by atoms with Gasteiger partial charge in [-0.1, -0.05) is 79.2 Å². The number of anilines is 1. The van der Waals surface area contributed by atoms with Gasteiger partial charge in [-0.3, -0.25) is 9.79 Å². The third-order valence-corrected chi connectivity index (χ3v) is 6.02. The van der Waals surface area contributed by atoms with Crippen molar-refractivity contribution in [3.8, 4) is 0 Å². The topological polar surface area (TPSA) is 52.9 Å². The fourth-order valence-electron chi connectivity index (χ4n) is 4.04. The van der Waals surface area contributed by atoms with Crippen molar-refractivity contribution in [3.05, 3.63) is 101 Å². The van der Waals surface area contributed by atoms with Crippen LogP contribution >= 0.6 is 11.6 Å². The average molecular weight is 433 g/mol. The monoisotopic (exact) mass is 432 g/mol. The summed E-state index contributed by atoms with van der Waals surface area (Å²) in [5.41, 5.74) is 4.15. The second-order valence-corrected chi connectivity index (χ2v) is 8.44. The molecule has 0 spiro atoms. The fraction of sp³-hybridized carbons (Fsp3) is 0.231. The molecular weight excluding hydrogens is 408 g/mol. The van der Waals surface area contributed by atoms with Gasteiger partial charge in [-0.15, -0.1) is 0 Å². The zero-order valence-electron chi connectivity index (χ0n) is 17.6. The molecule has 0 saturated heterocycles. The van der Waals surface area contributed by atoms with Crippen LogP contribution in [0.4, 0.5) is 5.69 Å². The smallest absolute Gasteiger partial charge is 0.254 e. The minimum atomic E-state index is -0.932. The number of hydrogen-bond acceptors (Lipinski definition) is 3.